The fourth-order valence-electron chi connectivity index (χ4n) is 1.49. The molecule has 1 heterocycles. The molecular weight excluding hydrogens is 303 g/mol. The van der Waals surface area contributed by atoms with E-state index < -0.39 is 0 Å². The van der Waals surface area contributed by atoms with E-state index in [2.05, 4.69) is 26.2 Å². The molecule has 0 atom stereocenters. The number of nitrogens with zero attached hydrogens (tertiary/aromatic N) is 1. The van der Waals surface area contributed by atoms with Crippen LogP contribution in [0.5, 0.6) is 0 Å². The van der Waals surface area contributed by atoms with Crippen LogP contribution in [0.3, 0.4) is 0 Å². The highest BCUT2D eigenvalue weighted by Crippen LogP contribution is 2.24. The summed E-state index contributed by atoms with van der Waals surface area (Å²) in [5.41, 5.74) is 2.84. The van der Waals surface area contributed by atoms with Gasteiger partial charge in [-0.3, -0.25) is 0 Å². The van der Waals surface area contributed by atoms with Crippen LogP contribution in [0.2, 0.25) is 0 Å². The summed E-state index contributed by atoms with van der Waals surface area (Å²) in [5.74, 6) is -0.238. The maximum absolute atomic E-state index is 13.2. The summed E-state index contributed by atoms with van der Waals surface area (Å²) in [6.45, 7) is 4.52. The summed E-state index contributed by atoms with van der Waals surface area (Å²) in [6, 6.07) is 3.27. The summed E-state index contributed by atoms with van der Waals surface area (Å²) in [7, 11) is 0. The number of hydrogen-bond acceptors (Lipinski definition) is 3. The van der Waals surface area contributed by atoms with Gasteiger partial charge in [-0.1, -0.05) is 0 Å². The standard InChI is InChI=1S/C12H12BrFN2S/c1-7-3-10(14)9(13)4-11(7)15-5-12-16-8(2)6-17-12/h3-4,6,15H,5H2,1-2H3. The second kappa shape index (κ2) is 5.14. The van der Waals surface area contributed by atoms with Crippen molar-refractivity contribution in [2.45, 2.75) is 20.4 Å². The van der Waals surface area contributed by atoms with E-state index in [0.29, 0.717) is 11.0 Å². The third-order valence-electron chi connectivity index (χ3n) is 2.36. The quantitative estimate of drug-likeness (QED) is 0.915. The molecule has 1 aromatic carbocycles. The van der Waals surface area contributed by atoms with E-state index in [1.807, 2.05) is 19.2 Å². The van der Waals surface area contributed by atoms with Crippen molar-refractivity contribution in [3.8, 4) is 0 Å². The lowest BCUT2D eigenvalue weighted by molar-refractivity contribution is 0.620. The van der Waals surface area contributed by atoms with Crippen molar-refractivity contribution in [1.82, 2.24) is 4.98 Å². The Balaban J connectivity index is 2.11. The van der Waals surface area contributed by atoms with Crippen LogP contribution in [0, 0.1) is 19.7 Å². The molecule has 2 aromatic rings. The van der Waals surface area contributed by atoms with Gasteiger partial charge in [-0.05, 0) is 47.5 Å². The molecule has 0 saturated heterocycles. The van der Waals surface area contributed by atoms with Crippen molar-refractivity contribution in [2.75, 3.05) is 5.32 Å². The van der Waals surface area contributed by atoms with Crippen molar-refractivity contribution in [1.29, 1.82) is 0 Å². The first kappa shape index (κ1) is 12.5. The first-order valence-electron chi connectivity index (χ1n) is 5.17. The molecular formula is C12H12BrFN2S. The van der Waals surface area contributed by atoms with E-state index in [4.69, 9.17) is 0 Å². The zero-order chi connectivity index (χ0) is 12.4. The smallest absolute Gasteiger partial charge is 0.137 e. The molecule has 0 fully saturated rings. The fourth-order valence-corrected chi connectivity index (χ4v) is 2.55. The van der Waals surface area contributed by atoms with Crippen LogP contribution in [-0.2, 0) is 6.54 Å². The van der Waals surface area contributed by atoms with Crippen LogP contribution in [0.25, 0.3) is 0 Å². The molecule has 5 heteroatoms. The number of aryl methyl sites for hydroxylation is 2. The Hall–Kier alpha value is -0.940. The fraction of sp³-hybridized carbons (Fsp3) is 0.250. The molecule has 0 spiro atoms. The van der Waals surface area contributed by atoms with Crippen LogP contribution < -0.4 is 5.32 Å². The van der Waals surface area contributed by atoms with Crippen LogP contribution in [0.4, 0.5) is 10.1 Å². The number of benzene rings is 1. The molecule has 0 aliphatic carbocycles. The Labute approximate surface area is 112 Å². The van der Waals surface area contributed by atoms with Gasteiger partial charge < -0.3 is 5.32 Å². The Kier molecular flexibility index (Phi) is 3.79. The molecule has 2 rings (SSSR count). The number of anilines is 1. The maximum Gasteiger partial charge on any atom is 0.137 e. The number of rotatable bonds is 3. The number of hydrogen-bond donors (Lipinski definition) is 1. The van der Waals surface area contributed by atoms with Gasteiger partial charge in [-0.2, -0.15) is 0 Å². The summed E-state index contributed by atoms with van der Waals surface area (Å²) in [6.07, 6.45) is 0. The molecule has 0 amide bonds. The van der Waals surface area contributed by atoms with Gasteiger partial charge in [0.25, 0.3) is 0 Å². The summed E-state index contributed by atoms with van der Waals surface area (Å²) in [5, 5.41) is 6.31. The first-order valence-corrected chi connectivity index (χ1v) is 6.84. The van der Waals surface area contributed by atoms with Crippen LogP contribution in [0.15, 0.2) is 22.0 Å². The molecule has 1 aromatic heterocycles. The first-order chi connectivity index (χ1) is 8.06. The molecule has 0 aliphatic rings. The minimum Gasteiger partial charge on any atom is -0.378 e. The van der Waals surface area contributed by atoms with Crippen molar-refractivity contribution in [3.63, 3.8) is 0 Å². The van der Waals surface area contributed by atoms with Gasteiger partial charge in [0, 0.05) is 16.8 Å². The van der Waals surface area contributed by atoms with Gasteiger partial charge in [-0.25, -0.2) is 9.37 Å². The predicted octanol–water partition coefficient (Wildman–Crippen LogP) is 4.27. The Morgan fingerprint density at radius 3 is 2.82 bits per heavy atom. The zero-order valence-corrected chi connectivity index (χ0v) is 12.0. The molecule has 0 saturated carbocycles. The van der Waals surface area contributed by atoms with Gasteiger partial charge in [-0.15, -0.1) is 11.3 Å². The van der Waals surface area contributed by atoms with E-state index >= 15 is 0 Å². The number of thiazole rings is 1. The highest BCUT2D eigenvalue weighted by molar-refractivity contribution is 9.10. The molecule has 2 nitrogen and oxygen atoms in total. The largest absolute Gasteiger partial charge is 0.378 e. The second-order valence-electron chi connectivity index (χ2n) is 3.82. The Morgan fingerprint density at radius 1 is 1.41 bits per heavy atom. The average molecular weight is 315 g/mol. The predicted molar refractivity (Wildman–Crippen MR) is 73.0 cm³/mol. The number of nitrogens with one attached hydrogen (secondary N) is 1. The van der Waals surface area contributed by atoms with E-state index in [1.165, 1.54) is 6.07 Å². The van der Waals surface area contributed by atoms with Gasteiger partial charge in [0.1, 0.15) is 10.8 Å². The van der Waals surface area contributed by atoms with E-state index in [1.54, 1.807) is 17.4 Å². The monoisotopic (exact) mass is 314 g/mol. The van der Waals surface area contributed by atoms with Crippen LogP contribution in [-0.4, -0.2) is 4.98 Å². The molecule has 0 aliphatic heterocycles. The van der Waals surface area contributed by atoms with E-state index in [9.17, 15) is 4.39 Å². The van der Waals surface area contributed by atoms with Gasteiger partial charge in [0.05, 0.1) is 11.0 Å². The number of halogens is 2. The topological polar surface area (TPSA) is 24.9 Å². The minimum absolute atomic E-state index is 0.238. The van der Waals surface area contributed by atoms with Crippen molar-refractivity contribution in [3.05, 3.63) is 44.1 Å². The molecule has 90 valence electrons. The lowest BCUT2D eigenvalue weighted by Crippen LogP contribution is -2.01. The van der Waals surface area contributed by atoms with Crippen molar-refractivity contribution >= 4 is 33.0 Å². The highest BCUT2D eigenvalue weighted by Gasteiger charge is 2.05. The SMILES string of the molecule is Cc1csc(CNc2cc(Br)c(F)cc2C)n1. The lowest BCUT2D eigenvalue weighted by Gasteiger charge is -2.09. The van der Waals surface area contributed by atoms with Crippen LogP contribution in [0.1, 0.15) is 16.3 Å². The van der Waals surface area contributed by atoms with Crippen molar-refractivity contribution in [2.24, 2.45) is 0 Å². The van der Waals surface area contributed by atoms with Gasteiger partial charge >= 0.3 is 0 Å². The third-order valence-corrected chi connectivity index (χ3v) is 3.94. The zero-order valence-electron chi connectivity index (χ0n) is 9.55. The minimum atomic E-state index is -0.238. The highest BCUT2D eigenvalue weighted by atomic mass is 79.9. The lowest BCUT2D eigenvalue weighted by atomic mass is 10.2. The molecule has 17 heavy (non-hydrogen) atoms. The Morgan fingerprint density at radius 2 is 2.18 bits per heavy atom. The van der Waals surface area contributed by atoms with Crippen LogP contribution >= 0.6 is 27.3 Å². The van der Waals surface area contributed by atoms with Gasteiger partial charge in [0.2, 0.25) is 0 Å². The summed E-state index contributed by atoms with van der Waals surface area (Å²) in [4.78, 5) is 4.37. The second-order valence-corrected chi connectivity index (χ2v) is 5.61. The van der Waals surface area contributed by atoms with Gasteiger partial charge in [0.15, 0.2) is 0 Å². The molecule has 1 N–H and O–H groups in total. The number of aromatic nitrogens is 1. The molecule has 0 radical (unpaired) electrons. The normalized spacial score (nSPS) is 10.6. The third kappa shape index (κ3) is 3.04. The van der Waals surface area contributed by atoms with E-state index in [0.717, 1.165) is 22.0 Å². The summed E-state index contributed by atoms with van der Waals surface area (Å²) >= 11 is 4.81. The van der Waals surface area contributed by atoms with Crippen molar-refractivity contribution < 1.29 is 4.39 Å². The Bertz CT molecular complexity index is 539. The average Bonchev–Trinajstić information content (AvgIpc) is 2.68. The molecule has 0 unspecified atom stereocenters. The summed E-state index contributed by atoms with van der Waals surface area (Å²) < 4.78 is 13.7. The van der Waals surface area contributed by atoms with E-state index in [-0.39, 0.29) is 5.82 Å². The molecule has 0 bridgehead atoms. The maximum atomic E-state index is 13.2.